The Bertz CT molecular complexity index is 987. The molecule has 0 aromatic heterocycles. The monoisotopic (exact) mass is 338 g/mol. The Morgan fingerprint density at radius 1 is 0.808 bits per heavy atom. The number of aryl methyl sites for hydroxylation is 1. The summed E-state index contributed by atoms with van der Waals surface area (Å²) >= 11 is 0. The Morgan fingerprint density at radius 3 is 2.08 bits per heavy atom. The lowest BCUT2D eigenvalue weighted by molar-refractivity contribution is -0.113. The van der Waals surface area contributed by atoms with E-state index in [0.29, 0.717) is 11.5 Å². The molecule has 0 spiro atoms. The number of rotatable bonds is 3. The third-order valence-electron chi connectivity index (χ3n) is 4.29. The number of amides is 1. The summed E-state index contributed by atoms with van der Waals surface area (Å²) in [6.45, 7) is 2.04. The maximum atomic E-state index is 13.1. The van der Waals surface area contributed by atoms with Crippen LogP contribution in [0.2, 0.25) is 0 Å². The number of hydrogen-bond donors (Lipinski definition) is 0. The lowest BCUT2D eigenvalue weighted by Gasteiger charge is -2.18. The van der Waals surface area contributed by atoms with Crippen LogP contribution >= 0.6 is 0 Å². The Balaban J connectivity index is 1.82. The molecule has 0 fully saturated rings. The van der Waals surface area contributed by atoms with Crippen molar-refractivity contribution in [2.75, 3.05) is 4.90 Å². The molecule has 0 saturated carbocycles. The molecule has 26 heavy (non-hydrogen) atoms. The molecule has 0 N–H and O–H groups in total. The minimum atomic E-state index is -0.115. The third kappa shape index (κ3) is 3.07. The number of hydrogen-bond acceptors (Lipinski definition) is 2. The Kier molecular flexibility index (Phi) is 4.20. The average molecular weight is 338 g/mol. The van der Waals surface area contributed by atoms with Crippen LogP contribution in [0.5, 0.6) is 0 Å². The maximum Gasteiger partial charge on any atom is 0.282 e. The molecule has 126 valence electrons. The van der Waals surface area contributed by atoms with Crippen LogP contribution in [0, 0.1) is 6.92 Å². The second-order valence-electron chi connectivity index (χ2n) is 6.22. The lowest BCUT2D eigenvalue weighted by atomic mass is 10.1. The van der Waals surface area contributed by atoms with E-state index in [9.17, 15) is 4.79 Å². The average Bonchev–Trinajstić information content (AvgIpc) is 3.00. The quantitative estimate of drug-likeness (QED) is 0.630. The van der Waals surface area contributed by atoms with E-state index in [1.165, 1.54) is 5.56 Å². The zero-order valence-electron chi connectivity index (χ0n) is 14.5. The van der Waals surface area contributed by atoms with Crippen LogP contribution in [-0.4, -0.2) is 11.7 Å². The van der Waals surface area contributed by atoms with Gasteiger partial charge in [0.2, 0.25) is 0 Å². The second kappa shape index (κ2) is 6.81. The molecular formula is C23H18N2O. The van der Waals surface area contributed by atoms with E-state index in [2.05, 4.69) is 4.99 Å². The van der Waals surface area contributed by atoms with Gasteiger partial charge in [0.25, 0.3) is 5.91 Å². The number of benzene rings is 3. The van der Waals surface area contributed by atoms with Crippen molar-refractivity contribution < 1.29 is 4.79 Å². The van der Waals surface area contributed by atoms with Crippen molar-refractivity contribution in [3.63, 3.8) is 0 Å². The largest absolute Gasteiger partial charge is 0.282 e. The SMILES string of the molecule is Cc1ccc(C2=N/C(=C/c3ccccc3)C(=O)N2c2ccccc2)cc1. The minimum absolute atomic E-state index is 0.115. The maximum absolute atomic E-state index is 13.1. The molecule has 0 saturated heterocycles. The minimum Gasteiger partial charge on any atom is -0.266 e. The van der Waals surface area contributed by atoms with E-state index in [-0.39, 0.29) is 5.91 Å². The molecule has 0 aliphatic carbocycles. The fourth-order valence-corrected chi connectivity index (χ4v) is 2.94. The van der Waals surface area contributed by atoms with Gasteiger partial charge in [-0.1, -0.05) is 78.4 Å². The Hall–Kier alpha value is -3.46. The van der Waals surface area contributed by atoms with Crippen molar-refractivity contribution >= 4 is 23.5 Å². The summed E-state index contributed by atoms with van der Waals surface area (Å²) in [4.78, 5) is 19.5. The highest BCUT2D eigenvalue weighted by Crippen LogP contribution is 2.27. The zero-order chi connectivity index (χ0) is 17.9. The summed E-state index contributed by atoms with van der Waals surface area (Å²) in [5, 5.41) is 0. The fraction of sp³-hybridized carbons (Fsp3) is 0.0435. The number of carbonyl (C=O) groups is 1. The zero-order valence-corrected chi connectivity index (χ0v) is 14.5. The van der Waals surface area contributed by atoms with Crippen molar-refractivity contribution in [3.05, 3.63) is 107 Å². The van der Waals surface area contributed by atoms with Crippen molar-refractivity contribution in [3.8, 4) is 0 Å². The molecule has 0 radical (unpaired) electrons. The van der Waals surface area contributed by atoms with E-state index >= 15 is 0 Å². The first-order chi connectivity index (χ1) is 12.7. The van der Waals surface area contributed by atoms with E-state index in [4.69, 9.17) is 0 Å². The number of nitrogens with zero attached hydrogens (tertiary/aromatic N) is 2. The molecule has 0 atom stereocenters. The van der Waals surface area contributed by atoms with Crippen LogP contribution in [0.1, 0.15) is 16.7 Å². The lowest BCUT2D eigenvalue weighted by Crippen LogP contribution is -2.32. The van der Waals surface area contributed by atoms with Gasteiger partial charge in [0.05, 0.1) is 5.69 Å². The van der Waals surface area contributed by atoms with Crippen molar-refractivity contribution in [2.45, 2.75) is 6.92 Å². The highest BCUT2D eigenvalue weighted by molar-refractivity contribution is 6.33. The summed E-state index contributed by atoms with van der Waals surface area (Å²) in [7, 11) is 0. The smallest absolute Gasteiger partial charge is 0.266 e. The number of para-hydroxylation sites is 1. The molecule has 0 bridgehead atoms. The Morgan fingerprint density at radius 2 is 1.42 bits per heavy atom. The van der Waals surface area contributed by atoms with Crippen LogP contribution in [0.25, 0.3) is 6.08 Å². The van der Waals surface area contributed by atoms with Crippen molar-refractivity contribution in [2.24, 2.45) is 4.99 Å². The summed E-state index contributed by atoms with van der Waals surface area (Å²) in [5.74, 6) is 0.541. The van der Waals surface area contributed by atoms with Gasteiger partial charge >= 0.3 is 0 Å². The molecule has 1 amide bonds. The van der Waals surface area contributed by atoms with Crippen LogP contribution in [-0.2, 0) is 4.79 Å². The van der Waals surface area contributed by atoms with Gasteiger partial charge in [-0.05, 0) is 30.7 Å². The molecule has 1 aliphatic rings. The molecular weight excluding hydrogens is 320 g/mol. The van der Waals surface area contributed by atoms with E-state index < -0.39 is 0 Å². The number of anilines is 1. The predicted molar refractivity (Wildman–Crippen MR) is 106 cm³/mol. The Labute approximate surface area is 152 Å². The number of aliphatic imine (C=N–C) groups is 1. The van der Waals surface area contributed by atoms with Crippen molar-refractivity contribution in [1.82, 2.24) is 0 Å². The summed E-state index contributed by atoms with van der Waals surface area (Å²) < 4.78 is 0. The summed E-state index contributed by atoms with van der Waals surface area (Å²) in [5.41, 5.74) is 4.30. The highest BCUT2D eigenvalue weighted by atomic mass is 16.2. The molecule has 3 nitrogen and oxygen atoms in total. The van der Waals surface area contributed by atoms with E-state index in [0.717, 1.165) is 16.8 Å². The van der Waals surface area contributed by atoms with E-state index in [1.54, 1.807) is 4.90 Å². The van der Waals surface area contributed by atoms with Gasteiger partial charge in [-0.3, -0.25) is 9.69 Å². The number of carbonyl (C=O) groups excluding carboxylic acids is 1. The highest BCUT2D eigenvalue weighted by Gasteiger charge is 2.32. The normalized spacial score (nSPS) is 15.4. The molecule has 3 heteroatoms. The van der Waals surface area contributed by atoms with E-state index in [1.807, 2.05) is 97.9 Å². The van der Waals surface area contributed by atoms with Crippen molar-refractivity contribution in [1.29, 1.82) is 0 Å². The van der Waals surface area contributed by atoms with Gasteiger partial charge in [-0.25, -0.2) is 4.99 Å². The van der Waals surface area contributed by atoms with Gasteiger partial charge in [0.1, 0.15) is 11.5 Å². The van der Waals surface area contributed by atoms with Gasteiger partial charge in [0, 0.05) is 5.56 Å². The van der Waals surface area contributed by atoms with Gasteiger partial charge < -0.3 is 0 Å². The third-order valence-corrected chi connectivity index (χ3v) is 4.29. The molecule has 1 aliphatic heterocycles. The molecule has 4 rings (SSSR count). The summed E-state index contributed by atoms with van der Waals surface area (Å²) in [6, 6.07) is 27.5. The van der Waals surface area contributed by atoms with Gasteiger partial charge in [-0.2, -0.15) is 0 Å². The topological polar surface area (TPSA) is 32.7 Å². The molecule has 1 heterocycles. The first-order valence-corrected chi connectivity index (χ1v) is 8.54. The predicted octanol–water partition coefficient (Wildman–Crippen LogP) is 4.83. The van der Waals surface area contributed by atoms with Crippen LogP contribution < -0.4 is 4.90 Å². The van der Waals surface area contributed by atoms with Gasteiger partial charge in [-0.15, -0.1) is 0 Å². The standard InChI is InChI=1S/C23H18N2O/c1-17-12-14-19(15-13-17)22-24-21(16-18-8-4-2-5-9-18)23(26)25(22)20-10-6-3-7-11-20/h2-16H,1H3/b21-16+. The molecule has 0 unspecified atom stereocenters. The number of amidine groups is 1. The molecule has 3 aromatic carbocycles. The first-order valence-electron chi connectivity index (χ1n) is 8.54. The molecule has 3 aromatic rings. The van der Waals surface area contributed by atoms with Crippen LogP contribution in [0.15, 0.2) is 95.6 Å². The van der Waals surface area contributed by atoms with Crippen LogP contribution in [0.4, 0.5) is 5.69 Å². The van der Waals surface area contributed by atoms with Crippen LogP contribution in [0.3, 0.4) is 0 Å². The van der Waals surface area contributed by atoms with Gasteiger partial charge in [0.15, 0.2) is 0 Å². The summed E-state index contributed by atoms with van der Waals surface area (Å²) in [6.07, 6.45) is 1.83. The first kappa shape index (κ1) is 16.0. The fourth-order valence-electron chi connectivity index (χ4n) is 2.94. The second-order valence-corrected chi connectivity index (χ2v) is 6.22.